The van der Waals surface area contributed by atoms with Crippen molar-refractivity contribution in [2.75, 3.05) is 39.8 Å². The lowest BCUT2D eigenvalue weighted by Gasteiger charge is -2.24. The molecule has 150 valence electrons. The molecule has 2 rings (SSSR count). The molecule has 1 saturated heterocycles. The van der Waals surface area contributed by atoms with Gasteiger partial charge >= 0.3 is 0 Å². The average molecular weight is 536 g/mol. The summed E-state index contributed by atoms with van der Waals surface area (Å²) in [5, 5.41) is 6.44. The van der Waals surface area contributed by atoms with E-state index in [0.717, 1.165) is 31.0 Å². The van der Waals surface area contributed by atoms with E-state index in [-0.39, 0.29) is 34.7 Å². The van der Waals surface area contributed by atoms with E-state index >= 15 is 0 Å². The number of aliphatic imine (C=N–C) groups is 1. The molecule has 0 aliphatic carbocycles. The van der Waals surface area contributed by atoms with E-state index in [2.05, 4.69) is 32.2 Å². The Morgan fingerprint density at radius 3 is 2.77 bits per heavy atom. The Hall–Kier alpha value is -0.140. The van der Waals surface area contributed by atoms with Gasteiger partial charge in [0, 0.05) is 32.7 Å². The van der Waals surface area contributed by atoms with E-state index in [4.69, 9.17) is 11.6 Å². The monoisotopic (exact) mass is 535 g/mol. The van der Waals surface area contributed by atoms with Gasteiger partial charge in [0.15, 0.2) is 5.96 Å². The molecule has 1 aromatic rings. The number of likely N-dealkylation sites (N-methyl/N-ethyl adjacent to an activating group) is 1. The van der Waals surface area contributed by atoms with Gasteiger partial charge in [0.1, 0.15) is 4.21 Å². The van der Waals surface area contributed by atoms with E-state index in [0.29, 0.717) is 22.9 Å². The molecule has 1 aliphatic rings. The van der Waals surface area contributed by atoms with Crippen LogP contribution in [0.15, 0.2) is 21.3 Å². The van der Waals surface area contributed by atoms with Crippen LogP contribution >= 0.6 is 46.9 Å². The van der Waals surface area contributed by atoms with E-state index < -0.39 is 10.0 Å². The fraction of sp³-hybridized carbons (Fsp3) is 0.667. The molecule has 26 heavy (non-hydrogen) atoms. The minimum Gasteiger partial charge on any atom is -0.355 e. The Kier molecular flexibility index (Phi) is 10.7. The zero-order valence-electron chi connectivity index (χ0n) is 15.0. The van der Waals surface area contributed by atoms with Crippen molar-refractivity contribution >= 4 is 62.9 Å². The molecule has 2 heterocycles. The number of hydrogen-bond donors (Lipinski definition) is 3. The third-order valence-corrected chi connectivity index (χ3v) is 7.34. The number of rotatable bonds is 8. The first-order valence-electron chi connectivity index (χ1n) is 8.40. The Morgan fingerprint density at radius 1 is 1.38 bits per heavy atom. The Bertz CT molecular complexity index is 683. The average Bonchev–Trinajstić information content (AvgIpc) is 3.23. The van der Waals surface area contributed by atoms with Gasteiger partial charge in [-0.2, -0.15) is 0 Å². The number of guanidine groups is 1. The number of nitrogens with zero attached hydrogens (tertiary/aromatic N) is 2. The molecule has 1 aliphatic heterocycles. The van der Waals surface area contributed by atoms with E-state index in [1.165, 1.54) is 18.9 Å². The third kappa shape index (κ3) is 7.12. The van der Waals surface area contributed by atoms with Crippen LogP contribution in [0.25, 0.3) is 0 Å². The maximum atomic E-state index is 12.1. The lowest BCUT2D eigenvalue weighted by Crippen LogP contribution is -2.46. The topological polar surface area (TPSA) is 85.8 Å². The fourth-order valence-electron chi connectivity index (χ4n) is 2.86. The highest BCUT2D eigenvalue weighted by atomic mass is 127. The van der Waals surface area contributed by atoms with Crippen LogP contribution in [0.5, 0.6) is 0 Å². The molecule has 0 saturated carbocycles. The summed E-state index contributed by atoms with van der Waals surface area (Å²) >= 11 is 6.83. The standard InChI is InChI=1S/C15H26ClN5O2S2.HI/c1-3-21-10-4-5-12(21)11-19-15(17-2)18-8-9-20-25(22,23)14-7-6-13(16)24-14;/h6-7,12,20H,3-5,8-11H2,1-2H3,(H2,17,18,19);1H. The van der Waals surface area contributed by atoms with Crippen molar-refractivity contribution < 1.29 is 8.42 Å². The number of thiophene rings is 1. The van der Waals surface area contributed by atoms with Gasteiger partial charge in [-0.05, 0) is 38.1 Å². The van der Waals surface area contributed by atoms with Gasteiger partial charge in [-0.1, -0.05) is 18.5 Å². The summed E-state index contributed by atoms with van der Waals surface area (Å²) in [6.45, 7) is 5.95. The fourth-order valence-corrected chi connectivity index (χ4v) is 5.42. The van der Waals surface area contributed by atoms with Crippen molar-refractivity contribution in [1.29, 1.82) is 0 Å². The van der Waals surface area contributed by atoms with Gasteiger partial charge < -0.3 is 10.6 Å². The molecular weight excluding hydrogens is 509 g/mol. The highest BCUT2D eigenvalue weighted by molar-refractivity contribution is 14.0. The van der Waals surface area contributed by atoms with E-state index in [1.54, 1.807) is 13.1 Å². The van der Waals surface area contributed by atoms with Gasteiger partial charge in [-0.25, -0.2) is 13.1 Å². The molecule has 3 N–H and O–H groups in total. The van der Waals surface area contributed by atoms with Crippen molar-refractivity contribution in [3.8, 4) is 0 Å². The predicted octanol–water partition coefficient (Wildman–Crippen LogP) is 1.95. The molecule has 7 nitrogen and oxygen atoms in total. The van der Waals surface area contributed by atoms with Gasteiger partial charge in [0.25, 0.3) is 0 Å². The Balaban J connectivity index is 0.00000338. The number of hydrogen-bond acceptors (Lipinski definition) is 5. The van der Waals surface area contributed by atoms with Gasteiger partial charge in [-0.15, -0.1) is 35.3 Å². The largest absolute Gasteiger partial charge is 0.355 e. The third-order valence-electron chi connectivity index (χ3n) is 4.16. The lowest BCUT2D eigenvalue weighted by atomic mass is 10.2. The molecule has 11 heteroatoms. The maximum Gasteiger partial charge on any atom is 0.250 e. The SMILES string of the molecule is CCN1CCCC1CNC(=NC)NCCNS(=O)(=O)c1ccc(Cl)s1.I. The van der Waals surface area contributed by atoms with Gasteiger partial charge in [0.2, 0.25) is 10.0 Å². The molecule has 0 bridgehead atoms. The summed E-state index contributed by atoms with van der Waals surface area (Å²) in [4.78, 5) is 6.64. The molecule has 0 radical (unpaired) electrons. The second-order valence-electron chi connectivity index (χ2n) is 5.76. The highest BCUT2D eigenvalue weighted by Gasteiger charge is 2.22. The number of halogens is 2. The summed E-state index contributed by atoms with van der Waals surface area (Å²) < 4.78 is 27.4. The summed E-state index contributed by atoms with van der Waals surface area (Å²) in [7, 11) is -1.80. The summed E-state index contributed by atoms with van der Waals surface area (Å²) in [5.41, 5.74) is 0. The zero-order valence-corrected chi connectivity index (χ0v) is 19.7. The second kappa shape index (κ2) is 11.6. The van der Waals surface area contributed by atoms with Crippen molar-refractivity contribution in [3.63, 3.8) is 0 Å². The quantitative estimate of drug-likeness (QED) is 0.205. The predicted molar refractivity (Wildman–Crippen MR) is 120 cm³/mol. The van der Waals surface area contributed by atoms with Crippen LogP contribution in [0.3, 0.4) is 0 Å². The van der Waals surface area contributed by atoms with Crippen LogP contribution in [-0.4, -0.2) is 65.1 Å². The smallest absolute Gasteiger partial charge is 0.250 e. The summed E-state index contributed by atoms with van der Waals surface area (Å²) in [6.07, 6.45) is 2.43. The molecule has 0 amide bonds. The first kappa shape index (κ1) is 23.9. The van der Waals surface area contributed by atoms with Crippen LogP contribution in [0.1, 0.15) is 19.8 Å². The zero-order chi connectivity index (χ0) is 18.3. The molecular formula is C15H27ClIN5O2S2. The van der Waals surface area contributed by atoms with Crippen molar-refractivity contribution in [2.45, 2.75) is 30.0 Å². The molecule has 1 fully saturated rings. The summed E-state index contributed by atoms with van der Waals surface area (Å²) in [5.74, 6) is 0.682. The van der Waals surface area contributed by atoms with Crippen LogP contribution in [0, 0.1) is 0 Å². The molecule has 0 aromatic carbocycles. The van der Waals surface area contributed by atoms with Crippen LogP contribution < -0.4 is 15.4 Å². The number of sulfonamides is 1. The Morgan fingerprint density at radius 2 is 2.15 bits per heavy atom. The van der Waals surface area contributed by atoms with Gasteiger partial charge in [0.05, 0.1) is 4.34 Å². The first-order chi connectivity index (χ1) is 12.0. The first-order valence-corrected chi connectivity index (χ1v) is 11.1. The van der Waals surface area contributed by atoms with Crippen molar-refractivity contribution in [3.05, 3.63) is 16.5 Å². The maximum absolute atomic E-state index is 12.1. The molecule has 1 atom stereocenters. The van der Waals surface area contributed by atoms with Crippen LogP contribution in [-0.2, 0) is 10.0 Å². The minimum atomic E-state index is -3.50. The number of likely N-dealkylation sites (tertiary alicyclic amines) is 1. The lowest BCUT2D eigenvalue weighted by molar-refractivity contribution is 0.267. The minimum absolute atomic E-state index is 0. The van der Waals surface area contributed by atoms with E-state index in [9.17, 15) is 8.42 Å². The second-order valence-corrected chi connectivity index (χ2v) is 9.47. The molecule has 0 spiro atoms. The normalized spacial score (nSPS) is 18.6. The van der Waals surface area contributed by atoms with E-state index in [1.807, 2.05) is 0 Å². The van der Waals surface area contributed by atoms with Crippen molar-refractivity contribution in [2.24, 2.45) is 4.99 Å². The van der Waals surface area contributed by atoms with Crippen molar-refractivity contribution in [1.82, 2.24) is 20.3 Å². The molecule has 1 unspecified atom stereocenters. The Labute approximate surface area is 182 Å². The highest BCUT2D eigenvalue weighted by Crippen LogP contribution is 2.25. The molecule has 1 aromatic heterocycles. The van der Waals surface area contributed by atoms with Gasteiger partial charge in [-0.3, -0.25) is 9.89 Å². The van der Waals surface area contributed by atoms with Crippen LogP contribution in [0.2, 0.25) is 4.34 Å². The summed E-state index contributed by atoms with van der Waals surface area (Å²) in [6, 6.07) is 3.61. The number of nitrogens with one attached hydrogen (secondary N) is 3. The van der Waals surface area contributed by atoms with Crippen LogP contribution in [0.4, 0.5) is 0 Å².